The van der Waals surface area contributed by atoms with E-state index in [0.717, 1.165) is 31.3 Å². The molecule has 0 bridgehead atoms. The largest absolute Gasteiger partial charge is 0.352 e. The van der Waals surface area contributed by atoms with Crippen molar-refractivity contribution in [2.45, 2.75) is 51.5 Å². The van der Waals surface area contributed by atoms with Crippen LogP contribution >= 0.6 is 0 Å². The Morgan fingerprint density at radius 3 is 2.56 bits per heavy atom. The van der Waals surface area contributed by atoms with Gasteiger partial charge in [0.25, 0.3) is 0 Å². The number of carbonyl (C=O) groups is 1. The van der Waals surface area contributed by atoms with Gasteiger partial charge in [-0.05, 0) is 37.6 Å². The van der Waals surface area contributed by atoms with Crippen LogP contribution in [0.2, 0.25) is 0 Å². The first kappa shape index (κ1) is 11.9. The molecule has 1 unspecified atom stereocenters. The molecule has 2 aliphatic rings. The lowest BCUT2D eigenvalue weighted by atomic mass is 9.83. The predicted octanol–water partition coefficient (Wildman–Crippen LogP) is 1.68. The molecule has 2 fully saturated rings. The Hall–Kier alpha value is -0.570. The van der Waals surface area contributed by atoms with Gasteiger partial charge in [-0.1, -0.05) is 19.8 Å². The predicted molar refractivity (Wildman–Crippen MR) is 65.2 cm³/mol. The van der Waals surface area contributed by atoms with Crippen molar-refractivity contribution >= 4 is 5.91 Å². The number of hydrogen-bond donors (Lipinski definition) is 2. The normalized spacial score (nSPS) is 35.1. The molecule has 16 heavy (non-hydrogen) atoms. The SMILES string of the molecule is CC1CCC(CNCC2CCC(=O)N2)CC1. The zero-order valence-corrected chi connectivity index (χ0v) is 10.3. The monoisotopic (exact) mass is 224 g/mol. The lowest BCUT2D eigenvalue weighted by Gasteiger charge is -2.26. The molecule has 1 aliphatic carbocycles. The molecule has 0 aromatic heterocycles. The first-order valence-corrected chi connectivity index (χ1v) is 6.74. The molecule has 2 N–H and O–H groups in total. The highest BCUT2D eigenvalue weighted by atomic mass is 16.1. The Kier molecular flexibility index (Phi) is 4.22. The minimum absolute atomic E-state index is 0.221. The fourth-order valence-electron chi connectivity index (χ4n) is 2.83. The van der Waals surface area contributed by atoms with E-state index in [0.29, 0.717) is 12.5 Å². The molecule has 0 aromatic rings. The second-order valence-corrected chi connectivity index (χ2v) is 5.59. The van der Waals surface area contributed by atoms with Crippen molar-refractivity contribution in [3.8, 4) is 0 Å². The molecule has 1 amide bonds. The van der Waals surface area contributed by atoms with Gasteiger partial charge >= 0.3 is 0 Å². The summed E-state index contributed by atoms with van der Waals surface area (Å²) in [4.78, 5) is 11.0. The van der Waals surface area contributed by atoms with Gasteiger partial charge < -0.3 is 10.6 Å². The lowest BCUT2D eigenvalue weighted by Crippen LogP contribution is -2.38. The van der Waals surface area contributed by atoms with Crippen LogP contribution in [0.25, 0.3) is 0 Å². The summed E-state index contributed by atoms with van der Waals surface area (Å²) in [5.41, 5.74) is 0. The van der Waals surface area contributed by atoms with E-state index in [4.69, 9.17) is 0 Å². The molecule has 1 aliphatic heterocycles. The third kappa shape index (κ3) is 3.48. The number of amides is 1. The summed E-state index contributed by atoms with van der Waals surface area (Å²) >= 11 is 0. The highest BCUT2D eigenvalue weighted by Crippen LogP contribution is 2.27. The minimum Gasteiger partial charge on any atom is -0.352 e. The van der Waals surface area contributed by atoms with Crippen molar-refractivity contribution in [2.75, 3.05) is 13.1 Å². The molecule has 1 saturated carbocycles. The van der Waals surface area contributed by atoms with E-state index in [1.165, 1.54) is 25.7 Å². The van der Waals surface area contributed by atoms with Crippen molar-refractivity contribution < 1.29 is 4.79 Å². The van der Waals surface area contributed by atoms with Gasteiger partial charge in [0, 0.05) is 19.0 Å². The van der Waals surface area contributed by atoms with Crippen LogP contribution in [-0.2, 0) is 4.79 Å². The lowest BCUT2D eigenvalue weighted by molar-refractivity contribution is -0.119. The van der Waals surface area contributed by atoms with E-state index >= 15 is 0 Å². The maximum absolute atomic E-state index is 11.0. The van der Waals surface area contributed by atoms with Crippen molar-refractivity contribution in [3.05, 3.63) is 0 Å². The third-order valence-corrected chi connectivity index (χ3v) is 4.04. The Morgan fingerprint density at radius 2 is 1.94 bits per heavy atom. The molecule has 3 heteroatoms. The van der Waals surface area contributed by atoms with Crippen molar-refractivity contribution in [1.29, 1.82) is 0 Å². The van der Waals surface area contributed by atoms with E-state index in [9.17, 15) is 4.79 Å². The molecule has 92 valence electrons. The Balaban J connectivity index is 1.56. The van der Waals surface area contributed by atoms with Crippen LogP contribution in [0.4, 0.5) is 0 Å². The first-order chi connectivity index (χ1) is 7.74. The maximum atomic E-state index is 11.0. The number of carbonyl (C=O) groups excluding carboxylic acids is 1. The minimum atomic E-state index is 0.221. The van der Waals surface area contributed by atoms with E-state index < -0.39 is 0 Å². The standard InChI is InChI=1S/C13H24N2O/c1-10-2-4-11(5-3-10)8-14-9-12-6-7-13(16)15-12/h10-12,14H,2-9H2,1H3,(H,15,16). The smallest absolute Gasteiger partial charge is 0.220 e. The molecule has 0 spiro atoms. The van der Waals surface area contributed by atoms with Crippen LogP contribution in [-0.4, -0.2) is 25.0 Å². The molecule has 0 radical (unpaired) electrons. The van der Waals surface area contributed by atoms with Gasteiger partial charge in [-0.25, -0.2) is 0 Å². The maximum Gasteiger partial charge on any atom is 0.220 e. The van der Waals surface area contributed by atoms with Crippen molar-refractivity contribution in [3.63, 3.8) is 0 Å². The summed E-state index contributed by atoms with van der Waals surface area (Å²) in [6.45, 7) is 4.45. The summed E-state index contributed by atoms with van der Waals surface area (Å²) in [6, 6.07) is 0.384. The van der Waals surface area contributed by atoms with Crippen LogP contribution in [0.5, 0.6) is 0 Å². The quantitative estimate of drug-likeness (QED) is 0.763. The van der Waals surface area contributed by atoms with Crippen LogP contribution in [0.1, 0.15) is 45.4 Å². The highest BCUT2D eigenvalue weighted by molar-refractivity contribution is 5.78. The zero-order chi connectivity index (χ0) is 11.4. The van der Waals surface area contributed by atoms with E-state index in [2.05, 4.69) is 17.6 Å². The molecular weight excluding hydrogens is 200 g/mol. The fraction of sp³-hybridized carbons (Fsp3) is 0.923. The summed E-state index contributed by atoms with van der Waals surface area (Å²) in [7, 11) is 0. The highest BCUT2D eigenvalue weighted by Gasteiger charge is 2.21. The van der Waals surface area contributed by atoms with Crippen LogP contribution in [0.3, 0.4) is 0 Å². The second-order valence-electron chi connectivity index (χ2n) is 5.59. The van der Waals surface area contributed by atoms with Gasteiger partial charge in [-0.15, -0.1) is 0 Å². The third-order valence-electron chi connectivity index (χ3n) is 4.04. The summed E-state index contributed by atoms with van der Waals surface area (Å²) in [5.74, 6) is 2.02. The number of rotatable bonds is 4. The van der Waals surface area contributed by atoms with Gasteiger partial charge in [0.05, 0.1) is 0 Å². The Labute approximate surface area is 98.4 Å². The molecule has 1 saturated heterocycles. The van der Waals surface area contributed by atoms with Gasteiger partial charge in [0.2, 0.25) is 5.91 Å². The summed E-state index contributed by atoms with van der Waals surface area (Å²) < 4.78 is 0. The van der Waals surface area contributed by atoms with E-state index in [-0.39, 0.29) is 5.91 Å². The fourth-order valence-corrected chi connectivity index (χ4v) is 2.83. The van der Waals surface area contributed by atoms with Gasteiger partial charge in [-0.3, -0.25) is 4.79 Å². The van der Waals surface area contributed by atoms with Crippen LogP contribution in [0.15, 0.2) is 0 Å². The average molecular weight is 224 g/mol. The van der Waals surface area contributed by atoms with Crippen molar-refractivity contribution in [1.82, 2.24) is 10.6 Å². The van der Waals surface area contributed by atoms with Crippen LogP contribution in [0, 0.1) is 11.8 Å². The Morgan fingerprint density at radius 1 is 1.19 bits per heavy atom. The molecule has 2 rings (SSSR count). The summed E-state index contributed by atoms with van der Waals surface area (Å²) in [6.07, 6.45) is 7.27. The number of hydrogen-bond acceptors (Lipinski definition) is 2. The van der Waals surface area contributed by atoms with Gasteiger partial charge in [0.1, 0.15) is 0 Å². The van der Waals surface area contributed by atoms with Gasteiger partial charge in [-0.2, -0.15) is 0 Å². The second kappa shape index (κ2) is 5.67. The molecule has 1 atom stereocenters. The van der Waals surface area contributed by atoms with Crippen molar-refractivity contribution in [2.24, 2.45) is 11.8 Å². The first-order valence-electron chi connectivity index (χ1n) is 6.74. The average Bonchev–Trinajstić information content (AvgIpc) is 2.67. The molecular formula is C13H24N2O. The Bertz CT molecular complexity index is 234. The van der Waals surface area contributed by atoms with Gasteiger partial charge in [0.15, 0.2) is 0 Å². The topological polar surface area (TPSA) is 41.1 Å². The number of nitrogens with one attached hydrogen (secondary N) is 2. The zero-order valence-electron chi connectivity index (χ0n) is 10.3. The molecule has 1 heterocycles. The molecule has 3 nitrogen and oxygen atoms in total. The van der Waals surface area contributed by atoms with E-state index in [1.54, 1.807) is 0 Å². The molecule has 0 aromatic carbocycles. The van der Waals surface area contributed by atoms with E-state index in [1.807, 2.05) is 0 Å². The summed E-state index contributed by atoms with van der Waals surface area (Å²) in [5, 5.41) is 6.51. The van der Waals surface area contributed by atoms with Crippen LogP contribution < -0.4 is 10.6 Å².